The lowest BCUT2D eigenvalue weighted by molar-refractivity contribution is -0.212. The van der Waals surface area contributed by atoms with E-state index in [2.05, 4.69) is 10.3 Å². The third-order valence-electron chi connectivity index (χ3n) is 4.80. The van der Waals surface area contributed by atoms with Gasteiger partial charge in [-0.05, 0) is 31.4 Å². The standard InChI is InChI=1S/C17H15ClF3N5O3S/c1-26-9-12(30(28,29)25-16(4-2-5-16)17(19,20)21)13(18)14(26)15(27)24-10-3-6-23-11(7-10)8-22/h3,6-7,9,25H,2,4-5H2,1H3,(H,23,24,27). The van der Waals surface area contributed by atoms with Crippen LogP contribution in [0.2, 0.25) is 5.02 Å². The molecule has 1 saturated carbocycles. The van der Waals surface area contributed by atoms with Gasteiger partial charge in [-0.2, -0.15) is 23.2 Å². The molecule has 0 unspecified atom stereocenters. The highest BCUT2D eigenvalue weighted by Crippen LogP contribution is 2.46. The molecule has 160 valence electrons. The fourth-order valence-corrected chi connectivity index (χ4v) is 5.21. The Morgan fingerprint density at radius 3 is 2.60 bits per heavy atom. The average molecular weight is 462 g/mol. The number of pyridine rings is 1. The molecule has 2 aromatic rings. The number of alkyl halides is 3. The summed E-state index contributed by atoms with van der Waals surface area (Å²) in [6.07, 6.45) is -3.03. The van der Waals surface area contributed by atoms with Crippen molar-refractivity contribution >= 4 is 33.2 Å². The zero-order chi connectivity index (χ0) is 22.3. The van der Waals surface area contributed by atoms with E-state index in [1.54, 1.807) is 10.8 Å². The molecule has 2 heterocycles. The molecule has 0 radical (unpaired) electrons. The van der Waals surface area contributed by atoms with Gasteiger partial charge in [0, 0.05) is 25.1 Å². The summed E-state index contributed by atoms with van der Waals surface area (Å²) in [5, 5.41) is 10.8. The summed E-state index contributed by atoms with van der Waals surface area (Å²) in [4.78, 5) is 15.7. The minimum Gasteiger partial charge on any atom is -0.344 e. The number of sulfonamides is 1. The van der Waals surface area contributed by atoms with Crippen LogP contribution in [0, 0.1) is 11.3 Å². The van der Waals surface area contributed by atoms with Gasteiger partial charge in [-0.25, -0.2) is 13.4 Å². The van der Waals surface area contributed by atoms with Crippen molar-refractivity contribution in [1.29, 1.82) is 5.26 Å². The van der Waals surface area contributed by atoms with Crippen molar-refractivity contribution < 1.29 is 26.4 Å². The number of aromatic nitrogens is 2. The zero-order valence-electron chi connectivity index (χ0n) is 15.4. The SMILES string of the molecule is Cn1cc(S(=O)(=O)NC2(C(F)(F)F)CCC2)c(Cl)c1C(=O)Nc1ccnc(C#N)c1. The Bertz CT molecular complexity index is 1150. The van der Waals surface area contributed by atoms with E-state index in [0.717, 1.165) is 10.8 Å². The summed E-state index contributed by atoms with van der Waals surface area (Å²) in [6, 6.07) is 4.49. The normalized spacial score (nSPS) is 15.9. The monoisotopic (exact) mass is 461 g/mol. The van der Waals surface area contributed by atoms with Crippen LogP contribution in [0.25, 0.3) is 0 Å². The van der Waals surface area contributed by atoms with E-state index >= 15 is 0 Å². The maximum absolute atomic E-state index is 13.4. The summed E-state index contributed by atoms with van der Waals surface area (Å²) in [6.45, 7) is 0. The van der Waals surface area contributed by atoms with Crippen molar-refractivity contribution in [3.05, 3.63) is 40.9 Å². The molecule has 2 N–H and O–H groups in total. The molecule has 0 aromatic carbocycles. The Labute approximate surface area is 174 Å². The van der Waals surface area contributed by atoms with Crippen molar-refractivity contribution in [2.24, 2.45) is 7.05 Å². The predicted octanol–water partition coefficient (Wildman–Crippen LogP) is 2.96. The third-order valence-corrected chi connectivity index (χ3v) is 6.85. The second kappa shape index (κ2) is 7.57. The maximum Gasteiger partial charge on any atom is 0.407 e. The van der Waals surface area contributed by atoms with E-state index in [1.807, 2.05) is 0 Å². The molecule has 0 saturated heterocycles. The number of rotatable bonds is 5. The van der Waals surface area contributed by atoms with Crippen LogP contribution in [-0.4, -0.2) is 35.6 Å². The molecule has 1 fully saturated rings. The van der Waals surface area contributed by atoms with Crippen LogP contribution >= 0.6 is 11.6 Å². The molecule has 1 amide bonds. The first-order chi connectivity index (χ1) is 13.9. The van der Waals surface area contributed by atoms with Gasteiger partial charge >= 0.3 is 6.18 Å². The summed E-state index contributed by atoms with van der Waals surface area (Å²) in [7, 11) is -3.34. The van der Waals surface area contributed by atoms with Crippen molar-refractivity contribution in [2.75, 3.05) is 5.32 Å². The van der Waals surface area contributed by atoms with Crippen LogP contribution in [0.3, 0.4) is 0 Å². The van der Waals surface area contributed by atoms with Crippen molar-refractivity contribution in [2.45, 2.75) is 35.9 Å². The highest BCUT2D eigenvalue weighted by Gasteiger charge is 2.60. The molecular weight excluding hydrogens is 447 g/mol. The number of carbonyl (C=O) groups excluding carboxylic acids is 1. The van der Waals surface area contributed by atoms with Gasteiger partial charge in [0.2, 0.25) is 10.0 Å². The smallest absolute Gasteiger partial charge is 0.344 e. The van der Waals surface area contributed by atoms with Gasteiger partial charge < -0.3 is 9.88 Å². The molecule has 0 bridgehead atoms. The summed E-state index contributed by atoms with van der Waals surface area (Å²) >= 11 is 6.09. The van der Waals surface area contributed by atoms with Crippen LogP contribution in [0.5, 0.6) is 0 Å². The first kappa shape index (κ1) is 22.1. The topological polar surface area (TPSA) is 117 Å². The molecule has 8 nitrogen and oxygen atoms in total. The number of halogens is 4. The van der Waals surface area contributed by atoms with Gasteiger partial charge in [0.15, 0.2) is 0 Å². The molecule has 1 aliphatic carbocycles. The Hall–Kier alpha value is -2.62. The number of hydrogen-bond donors (Lipinski definition) is 2. The van der Waals surface area contributed by atoms with Crippen molar-refractivity contribution in [3.63, 3.8) is 0 Å². The van der Waals surface area contributed by atoms with Crippen LogP contribution in [-0.2, 0) is 17.1 Å². The lowest BCUT2D eigenvalue weighted by Gasteiger charge is -2.43. The number of nitrogens with one attached hydrogen (secondary N) is 2. The lowest BCUT2D eigenvalue weighted by atomic mass is 9.77. The highest BCUT2D eigenvalue weighted by atomic mass is 35.5. The fraction of sp³-hybridized carbons (Fsp3) is 0.353. The first-order valence-electron chi connectivity index (χ1n) is 8.53. The zero-order valence-corrected chi connectivity index (χ0v) is 17.0. The van der Waals surface area contributed by atoms with Crippen LogP contribution in [0.1, 0.15) is 35.4 Å². The molecule has 0 spiro atoms. The van der Waals surface area contributed by atoms with E-state index < -0.39 is 37.6 Å². The summed E-state index contributed by atoms with van der Waals surface area (Å²) in [5.74, 6) is -0.812. The van der Waals surface area contributed by atoms with E-state index in [4.69, 9.17) is 16.9 Å². The molecule has 0 atom stereocenters. The maximum atomic E-state index is 13.4. The molecule has 0 aliphatic heterocycles. The molecule has 2 aromatic heterocycles. The highest BCUT2D eigenvalue weighted by molar-refractivity contribution is 7.89. The first-order valence-corrected chi connectivity index (χ1v) is 10.4. The van der Waals surface area contributed by atoms with Crippen molar-refractivity contribution in [3.8, 4) is 6.07 Å². The van der Waals surface area contributed by atoms with E-state index in [-0.39, 0.29) is 36.3 Å². The number of anilines is 1. The Morgan fingerprint density at radius 2 is 2.07 bits per heavy atom. The number of carbonyl (C=O) groups is 1. The van der Waals surface area contributed by atoms with Crippen molar-refractivity contribution in [1.82, 2.24) is 14.3 Å². The lowest BCUT2D eigenvalue weighted by Crippen LogP contribution is -2.62. The van der Waals surface area contributed by atoms with Crippen LogP contribution in [0.15, 0.2) is 29.4 Å². The molecular formula is C17H15ClF3N5O3S. The number of nitrogens with zero attached hydrogens (tertiary/aromatic N) is 3. The fourth-order valence-electron chi connectivity index (χ4n) is 3.06. The predicted molar refractivity (Wildman–Crippen MR) is 100 cm³/mol. The number of aryl methyl sites for hydroxylation is 1. The van der Waals surface area contributed by atoms with Gasteiger partial charge in [0.05, 0.1) is 5.02 Å². The summed E-state index contributed by atoms with van der Waals surface area (Å²) < 4.78 is 68.2. The third kappa shape index (κ3) is 3.88. The number of hydrogen-bond acceptors (Lipinski definition) is 5. The quantitative estimate of drug-likeness (QED) is 0.710. The molecule has 13 heteroatoms. The van der Waals surface area contributed by atoms with Crippen LogP contribution < -0.4 is 10.0 Å². The van der Waals surface area contributed by atoms with E-state index in [0.29, 0.717) is 0 Å². The Balaban J connectivity index is 1.91. The minimum absolute atomic E-state index is 0.0381. The second-order valence-electron chi connectivity index (χ2n) is 6.80. The van der Waals surface area contributed by atoms with E-state index in [9.17, 15) is 26.4 Å². The Kier molecular flexibility index (Phi) is 5.57. The van der Waals surface area contributed by atoms with Crippen LogP contribution in [0.4, 0.5) is 18.9 Å². The second-order valence-corrected chi connectivity index (χ2v) is 8.83. The largest absolute Gasteiger partial charge is 0.407 e. The molecule has 30 heavy (non-hydrogen) atoms. The molecule has 1 aliphatic rings. The van der Waals surface area contributed by atoms with Gasteiger partial charge in [-0.15, -0.1) is 0 Å². The minimum atomic E-state index is -4.76. The number of amides is 1. The molecule has 3 rings (SSSR count). The van der Waals surface area contributed by atoms with Gasteiger partial charge in [-0.1, -0.05) is 11.6 Å². The Morgan fingerprint density at radius 1 is 1.40 bits per heavy atom. The van der Waals surface area contributed by atoms with Gasteiger partial charge in [0.25, 0.3) is 5.91 Å². The van der Waals surface area contributed by atoms with E-state index in [1.165, 1.54) is 25.4 Å². The van der Waals surface area contributed by atoms with Gasteiger partial charge in [0.1, 0.15) is 27.9 Å². The van der Waals surface area contributed by atoms with Gasteiger partial charge in [-0.3, -0.25) is 4.79 Å². The summed E-state index contributed by atoms with van der Waals surface area (Å²) in [5.41, 5.74) is -2.58. The number of nitriles is 1. The average Bonchev–Trinajstić information content (AvgIpc) is 2.92.